The van der Waals surface area contributed by atoms with Crippen LogP contribution in [0.25, 0.3) is 0 Å². The van der Waals surface area contributed by atoms with Crippen molar-refractivity contribution in [1.29, 1.82) is 0 Å². The summed E-state index contributed by atoms with van der Waals surface area (Å²) in [5, 5.41) is 12.3. The molecule has 2 atom stereocenters. The molecule has 6 N–H and O–H groups in total. The highest BCUT2D eigenvalue weighted by molar-refractivity contribution is 5.96. The number of aliphatic hydroxyl groups is 1. The number of allylic oxidation sites excluding steroid dienone is 3. The fourth-order valence-electron chi connectivity index (χ4n) is 2.56. The molecule has 0 fully saturated rings. The van der Waals surface area contributed by atoms with E-state index in [0.29, 0.717) is 0 Å². The Morgan fingerprint density at radius 2 is 2.00 bits per heavy atom. The Kier molecular flexibility index (Phi) is 5.26. The van der Waals surface area contributed by atoms with E-state index < -0.39 is 41.7 Å². The number of nitrogens with one attached hydrogen (secondary N) is 1. The van der Waals surface area contributed by atoms with Crippen LogP contribution in [-0.4, -0.2) is 35.0 Å². The minimum atomic E-state index is -1.76. The molecule has 0 heterocycles. The molecule has 0 spiro atoms. The number of hydrogen-bond donors (Lipinski definition) is 4. The van der Waals surface area contributed by atoms with Crippen LogP contribution < -0.4 is 16.8 Å². The Hall–Kier alpha value is -2.15. The molecule has 0 aliphatic heterocycles. The van der Waals surface area contributed by atoms with Crippen LogP contribution in [0, 0.1) is 5.41 Å². The minimum absolute atomic E-state index is 0.106. The third kappa shape index (κ3) is 3.13. The predicted molar refractivity (Wildman–Crippen MR) is 76.6 cm³/mol. The number of carbonyl (C=O) groups is 3. The highest BCUT2D eigenvalue weighted by atomic mass is 16.3. The van der Waals surface area contributed by atoms with Gasteiger partial charge in [-0.25, -0.2) is 0 Å². The van der Waals surface area contributed by atoms with Crippen molar-refractivity contribution >= 4 is 17.7 Å². The fourth-order valence-corrected chi connectivity index (χ4v) is 2.56. The average molecular weight is 295 g/mol. The number of nitrogens with two attached hydrogens (primary N) is 2. The van der Waals surface area contributed by atoms with E-state index in [1.54, 1.807) is 31.2 Å². The summed E-state index contributed by atoms with van der Waals surface area (Å²) in [5.74, 6) is -2.15. The van der Waals surface area contributed by atoms with Gasteiger partial charge in [0.1, 0.15) is 5.54 Å². The lowest BCUT2D eigenvalue weighted by Gasteiger charge is -2.46. The Bertz CT molecular complexity index is 500. The van der Waals surface area contributed by atoms with Crippen molar-refractivity contribution in [3.63, 3.8) is 0 Å². The predicted octanol–water partition coefficient (Wildman–Crippen LogP) is -0.893. The summed E-state index contributed by atoms with van der Waals surface area (Å²) in [7, 11) is 0. The molecule has 0 saturated heterocycles. The van der Waals surface area contributed by atoms with Crippen molar-refractivity contribution in [2.75, 3.05) is 6.61 Å². The molecule has 1 aliphatic carbocycles. The number of rotatable bonds is 7. The first-order valence-electron chi connectivity index (χ1n) is 6.68. The van der Waals surface area contributed by atoms with E-state index in [0.717, 1.165) is 0 Å². The second-order valence-electron chi connectivity index (χ2n) is 5.12. The van der Waals surface area contributed by atoms with E-state index in [4.69, 9.17) is 11.5 Å². The van der Waals surface area contributed by atoms with Crippen molar-refractivity contribution in [2.45, 2.75) is 31.7 Å². The summed E-state index contributed by atoms with van der Waals surface area (Å²) in [4.78, 5) is 35.4. The van der Waals surface area contributed by atoms with E-state index in [1.165, 1.54) is 0 Å². The molecule has 2 unspecified atom stereocenters. The third-order valence-electron chi connectivity index (χ3n) is 3.81. The highest BCUT2D eigenvalue weighted by Gasteiger charge is 2.55. The zero-order valence-corrected chi connectivity index (χ0v) is 12.0. The maximum atomic E-state index is 12.1. The van der Waals surface area contributed by atoms with Gasteiger partial charge in [-0.3, -0.25) is 14.4 Å². The summed E-state index contributed by atoms with van der Waals surface area (Å²) in [6.45, 7) is 1.14. The van der Waals surface area contributed by atoms with Crippen LogP contribution in [0.1, 0.15) is 26.2 Å². The monoisotopic (exact) mass is 295 g/mol. The lowest BCUT2D eigenvalue weighted by Crippen LogP contribution is -2.69. The topological polar surface area (TPSA) is 136 Å². The molecule has 0 aromatic carbocycles. The normalized spacial score (nSPS) is 23.3. The molecule has 0 aromatic heterocycles. The van der Waals surface area contributed by atoms with Crippen LogP contribution in [0.4, 0.5) is 0 Å². The van der Waals surface area contributed by atoms with E-state index in [9.17, 15) is 19.5 Å². The molecular formula is C14H21N3O4. The molecular weight excluding hydrogens is 274 g/mol. The van der Waals surface area contributed by atoms with Gasteiger partial charge in [0.25, 0.3) is 0 Å². The number of primary amides is 2. The number of aliphatic hydroxyl groups excluding tert-OH is 1. The van der Waals surface area contributed by atoms with Crippen LogP contribution >= 0.6 is 0 Å². The van der Waals surface area contributed by atoms with Gasteiger partial charge in [0.15, 0.2) is 0 Å². The molecule has 0 radical (unpaired) electrons. The second-order valence-corrected chi connectivity index (χ2v) is 5.12. The first kappa shape index (κ1) is 16.9. The van der Waals surface area contributed by atoms with E-state index in [2.05, 4.69) is 5.32 Å². The summed E-state index contributed by atoms with van der Waals surface area (Å²) < 4.78 is 0. The SMILES string of the molecule is CCC(=O)NC(CC(N)=O)(C(N)=O)C1(CO)C=CC=CC1. The number of amides is 3. The van der Waals surface area contributed by atoms with Crippen LogP contribution in [0.3, 0.4) is 0 Å². The number of hydrogen-bond acceptors (Lipinski definition) is 4. The first-order valence-corrected chi connectivity index (χ1v) is 6.68. The standard InChI is InChI=1S/C14H21N3O4/c1-2-11(20)17-14(12(16)21,8-10(15)19)13(9-18)6-4-3-5-7-13/h3-6,18H,2,7-9H2,1H3,(H2,15,19)(H2,16,21)(H,17,20). The molecule has 21 heavy (non-hydrogen) atoms. The molecule has 3 amide bonds. The molecule has 0 bridgehead atoms. The van der Waals surface area contributed by atoms with Crippen molar-refractivity contribution < 1.29 is 19.5 Å². The maximum absolute atomic E-state index is 12.1. The smallest absolute Gasteiger partial charge is 0.244 e. The quantitative estimate of drug-likeness (QED) is 0.484. The molecule has 0 aromatic rings. The van der Waals surface area contributed by atoms with Crippen LogP contribution in [0.15, 0.2) is 24.3 Å². The molecule has 7 nitrogen and oxygen atoms in total. The van der Waals surface area contributed by atoms with Crippen LogP contribution in [0.5, 0.6) is 0 Å². The Morgan fingerprint density at radius 1 is 1.33 bits per heavy atom. The largest absolute Gasteiger partial charge is 0.395 e. The van der Waals surface area contributed by atoms with Gasteiger partial charge in [-0.1, -0.05) is 31.2 Å². The van der Waals surface area contributed by atoms with Gasteiger partial charge in [0, 0.05) is 11.8 Å². The lowest BCUT2D eigenvalue weighted by molar-refractivity contribution is -0.141. The Labute approximate surface area is 123 Å². The maximum Gasteiger partial charge on any atom is 0.244 e. The summed E-state index contributed by atoms with van der Waals surface area (Å²) >= 11 is 0. The summed E-state index contributed by atoms with van der Waals surface area (Å²) in [6, 6.07) is 0. The van der Waals surface area contributed by atoms with Gasteiger partial charge in [0.2, 0.25) is 17.7 Å². The van der Waals surface area contributed by atoms with Crippen LogP contribution in [-0.2, 0) is 14.4 Å². The summed E-state index contributed by atoms with van der Waals surface area (Å²) in [6.07, 6.45) is 6.56. The zero-order chi connectivity index (χ0) is 16.1. The molecule has 0 saturated carbocycles. The van der Waals surface area contributed by atoms with Crippen molar-refractivity contribution in [1.82, 2.24) is 5.32 Å². The number of carbonyl (C=O) groups excluding carboxylic acids is 3. The lowest BCUT2D eigenvalue weighted by atomic mass is 9.63. The fraction of sp³-hybridized carbons (Fsp3) is 0.500. The zero-order valence-electron chi connectivity index (χ0n) is 12.0. The molecule has 7 heteroatoms. The third-order valence-corrected chi connectivity index (χ3v) is 3.81. The van der Waals surface area contributed by atoms with Crippen molar-refractivity contribution in [2.24, 2.45) is 16.9 Å². The van der Waals surface area contributed by atoms with Gasteiger partial charge in [-0.2, -0.15) is 0 Å². The highest BCUT2D eigenvalue weighted by Crippen LogP contribution is 2.41. The van der Waals surface area contributed by atoms with Gasteiger partial charge in [0.05, 0.1) is 13.0 Å². The molecule has 1 aliphatic rings. The van der Waals surface area contributed by atoms with Gasteiger partial charge in [-0.15, -0.1) is 0 Å². The van der Waals surface area contributed by atoms with E-state index in [1.807, 2.05) is 0 Å². The summed E-state index contributed by atoms with van der Waals surface area (Å²) in [5.41, 5.74) is 7.75. The van der Waals surface area contributed by atoms with Crippen LogP contribution in [0.2, 0.25) is 0 Å². The van der Waals surface area contributed by atoms with Gasteiger partial charge < -0.3 is 21.9 Å². The van der Waals surface area contributed by atoms with E-state index >= 15 is 0 Å². The second kappa shape index (κ2) is 6.53. The minimum Gasteiger partial charge on any atom is -0.395 e. The molecule has 1 rings (SSSR count). The molecule has 116 valence electrons. The van der Waals surface area contributed by atoms with Gasteiger partial charge >= 0.3 is 0 Å². The average Bonchev–Trinajstić information content (AvgIpc) is 2.46. The van der Waals surface area contributed by atoms with Crippen molar-refractivity contribution in [3.05, 3.63) is 24.3 Å². The van der Waals surface area contributed by atoms with E-state index in [-0.39, 0.29) is 12.8 Å². The first-order chi connectivity index (χ1) is 9.83. The Balaban J connectivity index is 3.42. The Morgan fingerprint density at radius 3 is 2.38 bits per heavy atom. The van der Waals surface area contributed by atoms with Crippen molar-refractivity contribution in [3.8, 4) is 0 Å². The van der Waals surface area contributed by atoms with Gasteiger partial charge in [-0.05, 0) is 6.42 Å².